The predicted molar refractivity (Wildman–Crippen MR) is 80.0 cm³/mol. The molecule has 0 bridgehead atoms. The molecule has 5 nitrogen and oxygen atoms in total. The molecule has 1 aliphatic carbocycles. The lowest BCUT2D eigenvalue weighted by molar-refractivity contribution is -0.0494. The van der Waals surface area contributed by atoms with Crippen LogP contribution in [0.25, 0.3) is 11.4 Å². The fourth-order valence-electron chi connectivity index (χ4n) is 2.57. The molecule has 0 spiro atoms. The second kappa shape index (κ2) is 6.62. The van der Waals surface area contributed by atoms with E-state index >= 15 is 0 Å². The first-order valence-electron chi connectivity index (χ1n) is 7.61. The number of hydrogen-bond donors (Lipinski definition) is 0. The minimum absolute atomic E-state index is 0.0366. The van der Waals surface area contributed by atoms with Gasteiger partial charge in [0.25, 0.3) is 0 Å². The van der Waals surface area contributed by atoms with Crippen molar-refractivity contribution in [2.45, 2.75) is 39.0 Å². The SMILES string of the molecule is CC(C1CC1)N(C)Cc1nc(-c2ccccc2OC(F)F)no1. The molecule has 2 aromatic rings. The van der Waals surface area contributed by atoms with Crippen LogP contribution >= 0.6 is 0 Å². The van der Waals surface area contributed by atoms with Gasteiger partial charge in [0.05, 0.1) is 12.1 Å². The summed E-state index contributed by atoms with van der Waals surface area (Å²) in [6.07, 6.45) is 2.53. The summed E-state index contributed by atoms with van der Waals surface area (Å²) in [5, 5.41) is 3.89. The van der Waals surface area contributed by atoms with Crippen LogP contribution in [-0.4, -0.2) is 34.7 Å². The van der Waals surface area contributed by atoms with Gasteiger partial charge in [-0.3, -0.25) is 4.90 Å². The summed E-state index contributed by atoms with van der Waals surface area (Å²) in [5.74, 6) is 1.49. The molecule has 0 saturated heterocycles. The second-order valence-electron chi connectivity index (χ2n) is 5.88. The average Bonchev–Trinajstić information content (AvgIpc) is 3.27. The van der Waals surface area contributed by atoms with E-state index in [4.69, 9.17) is 4.52 Å². The molecule has 0 aliphatic heterocycles. The van der Waals surface area contributed by atoms with Crippen LogP contribution in [0.1, 0.15) is 25.7 Å². The number of rotatable bonds is 7. The maximum absolute atomic E-state index is 12.5. The highest BCUT2D eigenvalue weighted by Crippen LogP contribution is 2.35. The number of ether oxygens (including phenoxy) is 1. The monoisotopic (exact) mass is 323 g/mol. The molecule has 0 radical (unpaired) electrons. The molecule has 7 heteroatoms. The Morgan fingerprint density at radius 2 is 2.09 bits per heavy atom. The highest BCUT2D eigenvalue weighted by atomic mass is 19.3. The lowest BCUT2D eigenvalue weighted by Gasteiger charge is -2.22. The van der Waals surface area contributed by atoms with Gasteiger partial charge in [0, 0.05) is 6.04 Å². The van der Waals surface area contributed by atoms with Gasteiger partial charge >= 0.3 is 6.61 Å². The summed E-state index contributed by atoms with van der Waals surface area (Å²) >= 11 is 0. The third-order valence-corrected chi connectivity index (χ3v) is 4.20. The number of nitrogens with zero attached hydrogens (tertiary/aromatic N) is 3. The minimum Gasteiger partial charge on any atom is -0.434 e. The van der Waals surface area contributed by atoms with E-state index in [1.807, 2.05) is 7.05 Å². The Morgan fingerprint density at radius 1 is 1.35 bits per heavy atom. The van der Waals surface area contributed by atoms with Gasteiger partial charge in [-0.15, -0.1) is 0 Å². The van der Waals surface area contributed by atoms with Gasteiger partial charge in [-0.25, -0.2) is 0 Å². The number of alkyl halides is 2. The van der Waals surface area contributed by atoms with Crippen LogP contribution in [0.5, 0.6) is 5.75 Å². The molecule has 1 saturated carbocycles. The third-order valence-electron chi connectivity index (χ3n) is 4.20. The van der Waals surface area contributed by atoms with Crippen LogP contribution in [0, 0.1) is 5.92 Å². The van der Waals surface area contributed by atoms with Crippen LogP contribution in [-0.2, 0) is 6.54 Å². The smallest absolute Gasteiger partial charge is 0.387 e. The highest BCUT2D eigenvalue weighted by Gasteiger charge is 2.31. The van der Waals surface area contributed by atoms with Crippen LogP contribution in [0.4, 0.5) is 8.78 Å². The number of aromatic nitrogens is 2. The fraction of sp³-hybridized carbons (Fsp3) is 0.500. The van der Waals surface area contributed by atoms with E-state index in [2.05, 4.69) is 26.7 Å². The van der Waals surface area contributed by atoms with Crippen molar-refractivity contribution < 1.29 is 18.0 Å². The van der Waals surface area contributed by atoms with Crippen LogP contribution in [0.3, 0.4) is 0 Å². The Balaban J connectivity index is 1.74. The average molecular weight is 323 g/mol. The van der Waals surface area contributed by atoms with Gasteiger partial charge in [0.1, 0.15) is 5.75 Å². The molecule has 23 heavy (non-hydrogen) atoms. The first-order valence-corrected chi connectivity index (χ1v) is 7.61. The first-order chi connectivity index (χ1) is 11.0. The zero-order chi connectivity index (χ0) is 16.4. The predicted octanol–water partition coefficient (Wildman–Crippen LogP) is 3.57. The van der Waals surface area contributed by atoms with Gasteiger partial charge < -0.3 is 9.26 Å². The zero-order valence-corrected chi connectivity index (χ0v) is 13.1. The summed E-state index contributed by atoms with van der Waals surface area (Å²) in [5.41, 5.74) is 0.390. The lowest BCUT2D eigenvalue weighted by atomic mass is 10.2. The molecular formula is C16H19F2N3O2. The molecular weight excluding hydrogens is 304 g/mol. The van der Waals surface area contributed by atoms with Gasteiger partial charge in [-0.1, -0.05) is 17.3 Å². The lowest BCUT2D eigenvalue weighted by Crippen LogP contribution is -2.30. The van der Waals surface area contributed by atoms with E-state index in [1.165, 1.54) is 18.9 Å². The fourth-order valence-corrected chi connectivity index (χ4v) is 2.57. The molecule has 1 unspecified atom stereocenters. The topological polar surface area (TPSA) is 51.4 Å². The van der Waals surface area contributed by atoms with Crippen molar-refractivity contribution in [2.75, 3.05) is 7.05 Å². The van der Waals surface area contributed by atoms with Crippen molar-refractivity contribution in [3.63, 3.8) is 0 Å². The molecule has 1 aromatic heterocycles. The molecule has 1 aromatic carbocycles. The van der Waals surface area contributed by atoms with Crippen molar-refractivity contribution in [3.8, 4) is 17.1 Å². The normalized spacial score (nSPS) is 16.1. The summed E-state index contributed by atoms with van der Waals surface area (Å²) < 4.78 is 34.7. The number of hydrogen-bond acceptors (Lipinski definition) is 5. The second-order valence-corrected chi connectivity index (χ2v) is 5.88. The van der Waals surface area contributed by atoms with E-state index < -0.39 is 6.61 Å². The molecule has 3 rings (SSSR count). The summed E-state index contributed by atoms with van der Waals surface area (Å²) in [6, 6.07) is 6.87. The molecule has 124 valence electrons. The Kier molecular flexibility index (Phi) is 4.56. The third kappa shape index (κ3) is 3.85. The molecule has 0 amide bonds. The summed E-state index contributed by atoms with van der Waals surface area (Å²) in [4.78, 5) is 6.47. The van der Waals surface area contributed by atoms with Gasteiger partial charge in [-0.05, 0) is 44.9 Å². The zero-order valence-electron chi connectivity index (χ0n) is 13.1. The van der Waals surface area contributed by atoms with Crippen LogP contribution in [0.2, 0.25) is 0 Å². The van der Waals surface area contributed by atoms with Crippen molar-refractivity contribution in [2.24, 2.45) is 5.92 Å². The molecule has 0 N–H and O–H groups in total. The molecule has 1 atom stereocenters. The van der Waals surface area contributed by atoms with Crippen molar-refractivity contribution in [3.05, 3.63) is 30.2 Å². The molecule has 1 aliphatic rings. The molecule has 1 heterocycles. The minimum atomic E-state index is -2.90. The van der Waals surface area contributed by atoms with E-state index in [1.54, 1.807) is 18.2 Å². The Labute approximate surface area is 133 Å². The van der Waals surface area contributed by atoms with Crippen LogP contribution in [0.15, 0.2) is 28.8 Å². The maximum atomic E-state index is 12.5. The van der Waals surface area contributed by atoms with E-state index in [0.717, 1.165) is 5.92 Å². The van der Waals surface area contributed by atoms with Crippen molar-refractivity contribution in [1.29, 1.82) is 0 Å². The largest absolute Gasteiger partial charge is 0.434 e. The van der Waals surface area contributed by atoms with Gasteiger partial charge in [-0.2, -0.15) is 13.8 Å². The first kappa shape index (κ1) is 15.9. The number of halogens is 2. The van der Waals surface area contributed by atoms with E-state index in [-0.39, 0.29) is 11.6 Å². The Morgan fingerprint density at radius 3 is 2.78 bits per heavy atom. The molecule has 1 fully saturated rings. The van der Waals surface area contributed by atoms with Crippen molar-refractivity contribution >= 4 is 0 Å². The Bertz CT molecular complexity index is 658. The number of benzene rings is 1. The van der Waals surface area contributed by atoms with Crippen molar-refractivity contribution in [1.82, 2.24) is 15.0 Å². The highest BCUT2D eigenvalue weighted by molar-refractivity contribution is 5.63. The van der Waals surface area contributed by atoms with E-state index in [9.17, 15) is 8.78 Å². The van der Waals surface area contributed by atoms with Crippen LogP contribution < -0.4 is 4.74 Å². The Hall–Kier alpha value is -2.02. The maximum Gasteiger partial charge on any atom is 0.387 e. The number of para-hydroxylation sites is 1. The van der Waals surface area contributed by atoms with E-state index in [0.29, 0.717) is 24.0 Å². The standard InChI is InChI=1S/C16H19F2N3O2/c1-10(11-7-8-11)21(2)9-14-19-15(20-23-14)12-5-3-4-6-13(12)22-16(17)18/h3-6,10-11,16H,7-9H2,1-2H3. The quantitative estimate of drug-likeness (QED) is 0.780. The van der Waals surface area contributed by atoms with Gasteiger partial charge in [0.15, 0.2) is 0 Å². The summed E-state index contributed by atoms with van der Waals surface area (Å²) in [7, 11) is 2.01. The van der Waals surface area contributed by atoms with Gasteiger partial charge in [0.2, 0.25) is 11.7 Å². The summed E-state index contributed by atoms with van der Waals surface area (Å²) in [6.45, 7) is -0.184.